The van der Waals surface area contributed by atoms with E-state index < -0.39 is 0 Å². The Morgan fingerprint density at radius 3 is 1.46 bits per heavy atom. The number of aryl methyl sites for hydroxylation is 1. The van der Waals surface area contributed by atoms with Crippen LogP contribution in [-0.2, 0) is 52.4 Å². The number of aliphatic hydroxyl groups excluding tert-OH is 2. The van der Waals surface area contributed by atoms with E-state index >= 15 is 4.79 Å². The van der Waals surface area contributed by atoms with Crippen LogP contribution < -0.4 is 20.4 Å². The highest BCUT2D eigenvalue weighted by atomic mass is 16.3. The summed E-state index contributed by atoms with van der Waals surface area (Å²) in [6.45, 7) is 42.5. The number of anilines is 4. The van der Waals surface area contributed by atoms with Crippen LogP contribution in [0.1, 0.15) is 311 Å². The quantitative estimate of drug-likeness (QED) is 0.0725. The number of nitrogens with zero attached hydrogens (tertiary/aromatic N) is 6. The molecule has 16 heteroatoms. The number of nitrogens with one attached hydrogen (secondary N) is 2. The molecule has 16 nitrogen and oxygen atoms in total. The van der Waals surface area contributed by atoms with Crippen LogP contribution in [0, 0.1) is 34.5 Å². The molecular formula is C96H132N8O8. The molecule has 0 bridgehead atoms. The molecule has 4 amide bonds. The number of aliphatic imine (C=N–C) groups is 2. The summed E-state index contributed by atoms with van der Waals surface area (Å²) < 4.78 is 0. The minimum atomic E-state index is -0.320. The molecule has 8 aliphatic heterocycles. The largest absolute Gasteiger partial charge is 0.506 e. The fraction of sp³-hybridized carbons (Fsp3) is 0.625. The summed E-state index contributed by atoms with van der Waals surface area (Å²) in [4.78, 5) is 106. The van der Waals surface area contributed by atoms with Gasteiger partial charge in [-0.15, -0.1) is 0 Å². The summed E-state index contributed by atoms with van der Waals surface area (Å²) in [5, 5.41) is 31.6. The number of unbranched alkanes of at least 4 members (excludes halogenated alkanes) is 4. The Morgan fingerprint density at radius 1 is 0.464 bits per heavy atom. The van der Waals surface area contributed by atoms with E-state index in [-0.39, 0.29) is 114 Å². The zero-order chi connectivity index (χ0) is 80.2. The minimum Gasteiger partial charge on any atom is -0.506 e. The highest BCUT2D eigenvalue weighted by molar-refractivity contribution is 6.44. The van der Waals surface area contributed by atoms with Gasteiger partial charge in [0.2, 0.25) is 35.2 Å². The molecule has 2 aromatic rings. The second kappa shape index (κ2) is 33.1. The maximum Gasteiger partial charge on any atom is 0.249 e. The fourth-order valence-corrected chi connectivity index (χ4v) is 20.7. The van der Waals surface area contributed by atoms with Crippen LogP contribution in [0.2, 0.25) is 0 Å². The fourth-order valence-electron chi connectivity index (χ4n) is 20.7. The average molecular weight is 1530 g/mol. The lowest BCUT2D eigenvalue weighted by Gasteiger charge is -2.52. The number of piperidine rings is 2. The molecule has 0 spiro atoms. The number of hydrogen-bond donors (Lipinski definition) is 4. The molecule has 4 atom stereocenters. The lowest BCUT2D eigenvalue weighted by Crippen LogP contribution is -2.48. The van der Waals surface area contributed by atoms with E-state index in [1.807, 2.05) is 13.0 Å². The highest BCUT2D eigenvalue weighted by Gasteiger charge is 2.52. The summed E-state index contributed by atoms with van der Waals surface area (Å²) in [7, 11) is 0. The molecule has 4 unspecified atom stereocenters. The van der Waals surface area contributed by atoms with Crippen molar-refractivity contribution in [1.82, 2.24) is 9.80 Å². The van der Waals surface area contributed by atoms with Crippen LogP contribution in [-0.4, -0.2) is 119 Å². The van der Waals surface area contributed by atoms with Gasteiger partial charge in [-0.1, -0.05) is 162 Å². The molecule has 12 aliphatic rings. The zero-order valence-corrected chi connectivity index (χ0v) is 71.1. The summed E-state index contributed by atoms with van der Waals surface area (Å²) in [5.74, 6) is -1.60. The number of carbonyl (C=O) groups is 6. The molecule has 0 radical (unpaired) electrons. The van der Waals surface area contributed by atoms with E-state index in [4.69, 9.17) is 9.98 Å². The van der Waals surface area contributed by atoms with Gasteiger partial charge in [-0.25, -0.2) is 9.98 Å². The lowest BCUT2D eigenvalue weighted by atomic mass is 9.62. The smallest absolute Gasteiger partial charge is 0.249 e. The van der Waals surface area contributed by atoms with Crippen molar-refractivity contribution in [1.29, 1.82) is 0 Å². The van der Waals surface area contributed by atoms with Gasteiger partial charge in [-0.05, 0) is 202 Å². The third-order valence-electron chi connectivity index (χ3n) is 28.0. The van der Waals surface area contributed by atoms with Crippen molar-refractivity contribution < 1.29 is 39.0 Å². The monoisotopic (exact) mass is 1530 g/mol. The van der Waals surface area contributed by atoms with Crippen molar-refractivity contribution in [2.45, 2.75) is 301 Å². The van der Waals surface area contributed by atoms with Gasteiger partial charge in [0.1, 0.15) is 11.5 Å². The second-order valence-electron chi connectivity index (χ2n) is 37.3. The molecule has 4 aliphatic carbocycles. The molecule has 2 saturated heterocycles. The van der Waals surface area contributed by atoms with Crippen molar-refractivity contribution in [2.24, 2.45) is 44.5 Å². The Morgan fingerprint density at radius 2 is 0.911 bits per heavy atom. The van der Waals surface area contributed by atoms with E-state index in [1.54, 1.807) is 0 Å². The molecule has 2 aromatic carbocycles. The first-order valence-electron chi connectivity index (χ1n) is 44.2. The molecule has 2 fully saturated rings. The van der Waals surface area contributed by atoms with Crippen LogP contribution in [0.3, 0.4) is 0 Å². The first kappa shape index (κ1) is 82.1. The Labute approximate surface area is 669 Å². The summed E-state index contributed by atoms with van der Waals surface area (Å²) in [6.07, 6.45) is 29.3. The molecular weight excluding hydrogens is 1390 g/mol. The van der Waals surface area contributed by atoms with Crippen molar-refractivity contribution in [3.8, 4) is 0 Å². The molecule has 0 saturated carbocycles. The normalized spacial score (nSPS) is 24.0. The maximum absolute atomic E-state index is 15.3. The molecule has 0 aromatic heterocycles. The van der Waals surface area contributed by atoms with E-state index in [2.05, 4.69) is 152 Å². The van der Waals surface area contributed by atoms with Gasteiger partial charge < -0.3 is 40.4 Å². The number of hydrogen-bond acceptors (Lipinski definition) is 12. The van der Waals surface area contributed by atoms with Gasteiger partial charge in [0, 0.05) is 138 Å². The van der Waals surface area contributed by atoms with Crippen LogP contribution >= 0.6 is 0 Å². The molecule has 14 rings (SSSR count). The van der Waals surface area contributed by atoms with Crippen LogP contribution in [0.15, 0.2) is 102 Å². The molecule has 4 N–H and O–H groups in total. The third-order valence-corrected chi connectivity index (χ3v) is 28.0. The van der Waals surface area contributed by atoms with Gasteiger partial charge in [0.05, 0.1) is 45.1 Å². The lowest BCUT2D eigenvalue weighted by molar-refractivity contribution is -0.122. The molecule has 8 heterocycles. The summed E-state index contributed by atoms with van der Waals surface area (Å²) >= 11 is 0. The number of carbonyl (C=O) groups excluding carboxylic acids is 6. The third kappa shape index (κ3) is 15.0. The van der Waals surface area contributed by atoms with Gasteiger partial charge in [-0.2, -0.15) is 0 Å². The number of allylic oxidation sites excluding steroid dienone is 12. The van der Waals surface area contributed by atoms with E-state index in [0.29, 0.717) is 51.5 Å². The number of amides is 4. The number of benzene rings is 2. The predicted molar refractivity (Wildman–Crippen MR) is 456 cm³/mol. The van der Waals surface area contributed by atoms with E-state index in [1.165, 1.54) is 28.2 Å². The number of rotatable bonds is 24. The van der Waals surface area contributed by atoms with Gasteiger partial charge in [0.15, 0.2) is 0 Å². The average Bonchev–Trinajstić information content (AvgIpc) is 0.704. The van der Waals surface area contributed by atoms with Crippen molar-refractivity contribution in [3.05, 3.63) is 125 Å². The summed E-state index contributed by atoms with van der Waals surface area (Å²) in [5.41, 5.74) is 18.5. The Kier molecular flexibility index (Phi) is 24.3. The van der Waals surface area contributed by atoms with Crippen LogP contribution in [0.25, 0.3) is 11.1 Å². The van der Waals surface area contributed by atoms with Crippen LogP contribution in [0.5, 0.6) is 0 Å². The Hall–Kier alpha value is -7.88. The van der Waals surface area contributed by atoms with Crippen LogP contribution in [0.4, 0.5) is 22.7 Å². The summed E-state index contributed by atoms with van der Waals surface area (Å²) in [6, 6.07) is 4.19. The minimum absolute atomic E-state index is 0.0103. The SMILES string of the molecule is CCCCC(CC)C(=O)N=C1C(=C2C(=O)C(c3cc4c5c(c3NC(=O)C(CC)CCCC)C(C)(C)CCN5CCC4(C)C)=C2O)C=C2C3=C1C(C)(C)CCN3CCC2(C)C.CCCCC(CC)C(=O)N=C1C2=C3C(=C/C1=C1\C(=O)C(c4cc5c6c(c4NC(=O)C(CC)CCCC)CCCN6CCC5)=C1O)CCCN3CCC2. The number of aliphatic hydroxyl groups is 2. The van der Waals surface area contributed by atoms with Crippen molar-refractivity contribution in [3.63, 3.8) is 0 Å². The number of ketones is 2. The van der Waals surface area contributed by atoms with E-state index in [0.717, 1.165) is 265 Å². The topological polar surface area (TPSA) is 205 Å². The van der Waals surface area contributed by atoms with Crippen molar-refractivity contribution >= 4 is 80.5 Å². The van der Waals surface area contributed by atoms with Gasteiger partial charge in [0.25, 0.3) is 0 Å². The molecule has 112 heavy (non-hydrogen) atoms. The number of Topliss-reactive ketones (excluding diaryl/α,β-unsaturated/α-hetero) is 2. The highest BCUT2D eigenvalue weighted by Crippen LogP contribution is 2.59. The maximum atomic E-state index is 15.3. The second-order valence-corrected chi connectivity index (χ2v) is 37.3. The molecule has 604 valence electrons. The first-order chi connectivity index (χ1) is 53.5. The van der Waals surface area contributed by atoms with Gasteiger partial charge in [-0.3, -0.25) is 28.8 Å². The Balaban J connectivity index is 0.000000198. The van der Waals surface area contributed by atoms with Crippen molar-refractivity contribution in [2.75, 3.05) is 72.8 Å². The Bertz CT molecular complexity index is 4500. The standard InChI is InChI=1S/C52H74N4O4.C44H58N4O4/c1-13-17-19-31(15-3)47(59)53-41-33(29-35-43-39(41)51(9,10)23-27-55(43)25-21-49(35,5)6)37-45(57)38(46(37)58)34-30-36-44-40(42(34)54-48(60)32(16-4)20-18-14-2)52(11,12)24-28-56(44)26-22-50(36,7)8;1-5-9-15-27(7-3)43(51)45-37-31-19-13-23-47-21-11-17-29(39(31)47)25-33(37)35-41(49)36(42(35)50)34-26-30-18-12-22-48-24-14-20-32(40(30)48)38(34)46-44(52)28(8-4)16-10-6-2/h29-32,57H,13-28H2,1-12H3,(H,53,59);25-28,49H,5-24H2,1-4H3,(H,45,51)/b;36-34+,46-38?. The predicted octanol–water partition coefficient (Wildman–Crippen LogP) is 20.7. The first-order valence-corrected chi connectivity index (χ1v) is 44.2. The van der Waals surface area contributed by atoms with E-state index in [9.17, 15) is 34.2 Å². The van der Waals surface area contributed by atoms with Gasteiger partial charge >= 0.3 is 0 Å². The zero-order valence-electron chi connectivity index (χ0n) is 71.1.